The minimum absolute atomic E-state index is 0.0700. The third-order valence-electron chi connectivity index (χ3n) is 13.2. The molecule has 0 bridgehead atoms. The molecule has 0 saturated heterocycles. The molecule has 0 amide bonds. The van der Waals surface area contributed by atoms with Crippen LogP contribution in [0.5, 0.6) is 11.5 Å². The normalized spacial score (nSPS) is 20.3. The first-order valence-corrected chi connectivity index (χ1v) is 22.5. The van der Waals surface area contributed by atoms with Gasteiger partial charge in [-0.25, -0.2) is 0 Å². The van der Waals surface area contributed by atoms with Gasteiger partial charge in [-0.2, -0.15) is 0 Å². The first-order valence-electron chi connectivity index (χ1n) is 22.5. The van der Waals surface area contributed by atoms with E-state index in [1.165, 1.54) is 24.3 Å². The number of hydrogen-bond donors (Lipinski definition) is 4. The van der Waals surface area contributed by atoms with E-state index in [1.54, 1.807) is 97.1 Å². The van der Waals surface area contributed by atoms with E-state index in [-0.39, 0.29) is 36.6 Å². The maximum absolute atomic E-state index is 14.1. The van der Waals surface area contributed by atoms with Gasteiger partial charge >= 0.3 is 11.9 Å². The van der Waals surface area contributed by atoms with E-state index in [9.17, 15) is 29.4 Å². The topological polar surface area (TPSA) is 179 Å². The second-order valence-electron chi connectivity index (χ2n) is 17.6. The van der Waals surface area contributed by atoms with Crippen LogP contribution in [0.1, 0.15) is 100 Å². The van der Waals surface area contributed by atoms with Crippen LogP contribution in [0.2, 0.25) is 0 Å². The number of carbonyl (C=O) groups is 4. The Morgan fingerprint density at radius 2 is 0.889 bits per heavy atom. The lowest BCUT2D eigenvalue weighted by molar-refractivity contribution is -0.146. The molecule has 2 saturated carbocycles. The van der Waals surface area contributed by atoms with Crippen molar-refractivity contribution in [2.75, 3.05) is 11.5 Å². The Kier molecular flexibility index (Phi) is 16.3. The Morgan fingerprint density at radius 1 is 0.556 bits per heavy atom. The lowest BCUT2D eigenvalue weighted by Gasteiger charge is -2.40. The smallest absolute Gasteiger partial charge is 0.314 e. The van der Waals surface area contributed by atoms with E-state index in [1.807, 2.05) is 0 Å². The lowest BCUT2D eigenvalue weighted by atomic mass is 9.66. The standard InChI is InChI=1S/C53H62N2O8/c1-3-35-5-19-41(20-6-35)51(60)62-45-27-13-37(14-28-45)17-31-47(56)49(58)53(33-39-9-23-43(54)24-10-39,34-40-11-25-44(55)26-12-40)50(59)48(57)32-18-38-15-29-46(30-16-38)63-52(61)42-21-7-36(4-2)8-22-42/h9-18,23-32,35-36,41-42,49-50,58-59H,3-8,19-22,33-34,54-55H2,1-2H3/b31-17+,32-18+. The zero-order chi connectivity index (χ0) is 44.9. The zero-order valence-electron chi connectivity index (χ0n) is 36.5. The number of rotatable bonds is 18. The van der Waals surface area contributed by atoms with Gasteiger partial charge in [0.2, 0.25) is 0 Å². The molecule has 2 aliphatic rings. The molecule has 6 rings (SSSR count). The second kappa shape index (κ2) is 22.0. The summed E-state index contributed by atoms with van der Waals surface area (Å²) in [6, 6.07) is 27.2. The minimum atomic E-state index is -1.86. The van der Waals surface area contributed by atoms with Gasteiger partial charge in [0.05, 0.1) is 11.8 Å². The first-order chi connectivity index (χ1) is 30.3. The van der Waals surface area contributed by atoms with Crippen LogP contribution in [0.15, 0.2) is 109 Å². The van der Waals surface area contributed by atoms with E-state index in [0.29, 0.717) is 57.0 Å². The molecule has 4 aromatic rings. The highest BCUT2D eigenvalue weighted by atomic mass is 16.5. The molecule has 2 unspecified atom stereocenters. The number of aliphatic hydroxyl groups is 2. The molecule has 63 heavy (non-hydrogen) atoms. The summed E-state index contributed by atoms with van der Waals surface area (Å²) in [6.07, 6.45) is 11.3. The molecule has 0 radical (unpaired) electrons. The SMILES string of the molecule is CCC1CCC(C(=O)Oc2ccc(/C=C/C(=O)C(O)C(Cc3ccc(N)cc3)(Cc3ccc(N)cc3)C(O)C(=O)/C=C/c3ccc(OC(=O)C4CCC(CC)CC4)cc3)cc2)CC1. The fourth-order valence-corrected chi connectivity index (χ4v) is 9.04. The van der Waals surface area contributed by atoms with Crippen molar-refractivity contribution >= 4 is 47.0 Å². The minimum Gasteiger partial charge on any atom is -0.426 e. The van der Waals surface area contributed by atoms with Gasteiger partial charge in [-0.05, 0) is 159 Å². The van der Waals surface area contributed by atoms with Gasteiger partial charge in [0.15, 0.2) is 11.6 Å². The molecule has 2 atom stereocenters. The van der Waals surface area contributed by atoms with Gasteiger partial charge in [-0.15, -0.1) is 0 Å². The first kappa shape index (κ1) is 46.7. The van der Waals surface area contributed by atoms with E-state index < -0.39 is 29.2 Å². The summed E-state index contributed by atoms with van der Waals surface area (Å²) in [7, 11) is 0. The third kappa shape index (κ3) is 12.6. The molecule has 2 fully saturated rings. The highest BCUT2D eigenvalue weighted by molar-refractivity contribution is 6.01. The van der Waals surface area contributed by atoms with Crippen LogP contribution in [0.4, 0.5) is 11.4 Å². The number of benzene rings is 4. The van der Waals surface area contributed by atoms with Gasteiger partial charge in [0.25, 0.3) is 0 Å². The van der Waals surface area contributed by atoms with Crippen molar-refractivity contribution in [2.24, 2.45) is 29.1 Å². The summed E-state index contributed by atoms with van der Waals surface area (Å²) >= 11 is 0. The van der Waals surface area contributed by atoms with Crippen molar-refractivity contribution < 1.29 is 38.9 Å². The summed E-state index contributed by atoms with van der Waals surface area (Å²) < 4.78 is 11.4. The van der Waals surface area contributed by atoms with Crippen molar-refractivity contribution in [3.8, 4) is 11.5 Å². The third-order valence-corrected chi connectivity index (χ3v) is 13.2. The van der Waals surface area contributed by atoms with Gasteiger partial charge in [-0.1, -0.05) is 87.4 Å². The van der Waals surface area contributed by atoms with Crippen LogP contribution in [0.3, 0.4) is 0 Å². The Balaban J connectivity index is 1.21. The summed E-state index contributed by atoms with van der Waals surface area (Å²) in [6.45, 7) is 4.36. The Bertz CT molecular complexity index is 2040. The maximum Gasteiger partial charge on any atom is 0.314 e. The quantitative estimate of drug-likeness (QED) is 0.0326. The Morgan fingerprint density at radius 3 is 1.21 bits per heavy atom. The average Bonchev–Trinajstić information content (AvgIpc) is 3.31. The molecule has 332 valence electrons. The summed E-state index contributed by atoms with van der Waals surface area (Å²) in [5, 5.41) is 24.4. The van der Waals surface area contributed by atoms with Gasteiger partial charge in [-0.3, -0.25) is 19.2 Å². The summed E-state index contributed by atoms with van der Waals surface area (Å²) in [5.41, 5.74) is 13.7. The number of hydrogen-bond acceptors (Lipinski definition) is 10. The summed E-state index contributed by atoms with van der Waals surface area (Å²) in [4.78, 5) is 53.9. The predicted molar refractivity (Wildman–Crippen MR) is 247 cm³/mol. The molecule has 0 heterocycles. The zero-order valence-corrected chi connectivity index (χ0v) is 36.5. The van der Waals surface area contributed by atoms with Gasteiger partial charge in [0.1, 0.15) is 23.7 Å². The van der Waals surface area contributed by atoms with Crippen molar-refractivity contribution in [2.45, 2.75) is 103 Å². The Labute approximate surface area is 371 Å². The molecule has 0 aliphatic heterocycles. The molecular weight excluding hydrogens is 793 g/mol. The number of nitrogen functional groups attached to an aromatic ring is 2. The molecule has 10 heteroatoms. The van der Waals surface area contributed by atoms with Crippen LogP contribution in [-0.2, 0) is 32.0 Å². The molecule has 0 aromatic heterocycles. The molecule has 6 N–H and O–H groups in total. The van der Waals surface area contributed by atoms with E-state index in [4.69, 9.17) is 20.9 Å². The second-order valence-corrected chi connectivity index (χ2v) is 17.6. The van der Waals surface area contributed by atoms with Crippen molar-refractivity contribution in [3.63, 3.8) is 0 Å². The molecule has 0 spiro atoms. The molecule has 2 aliphatic carbocycles. The van der Waals surface area contributed by atoms with Crippen LogP contribution in [0.25, 0.3) is 12.2 Å². The molecule has 4 aromatic carbocycles. The van der Waals surface area contributed by atoms with E-state index in [0.717, 1.165) is 64.2 Å². The van der Waals surface area contributed by atoms with Crippen LogP contribution in [0, 0.1) is 29.1 Å². The van der Waals surface area contributed by atoms with Crippen LogP contribution >= 0.6 is 0 Å². The number of aliphatic hydroxyl groups excluding tert-OH is 2. The number of anilines is 2. The number of nitrogens with two attached hydrogens (primary N) is 2. The largest absolute Gasteiger partial charge is 0.426 e. The monoisotopic (exact) mass is 854 g/mol. The van der Waals surface area contributed by atoms with Gasteiger partial charge < -0.3 is 31.2 Å². The van der Waals surface area contributed by atoms with E-state index in [2.05, 4.69) is 13.8 Å². The fraction of sp³-hybridized carbons (Fsp3) is 0.396. The fourth-order valence-electron chi connectivity index (χ4n) is 9.04. The van der Waals surface area contributed by atoms with Crippen molar-refractivity contribution in [3.05, 3.63) is 131 Å². The summed E-state index contributed by atoms with van der Waals surface area (Å²) in [5.74, 6) is -0.00964. The maximum atomic E-state index is 14.1. The lowest BCUT2D eigenvalue weighted by Crippen LogP contribution is -2.54. The average molecular weight is 855 g/mol. The predicted octanol–water partition coefficient (Wildman–Crippen LogP) is 9.15. The molecule has 10 nitrogen and oxygen atoms in total. The number of ether oxygens (including phenoxy) is 2. The number of carbonyl (C=O) groups excluding carboxylic acids is 4. The highest BCUT2D eigenvalue weighted by Gasteiger charge is 2.49. The van der Waals surface area contributed by atoms with Crippen molar-refractivity contribution in [1.29, 1.82) is 0 Å². The molecular formula is C53H62N2O8. The number of ketones is 2. The number of esters is 2. The Hall–Kier alpha value is -5.84. The van der Waals surface area contributed by atoms with Crippen LogP contribution in [-0.4, -0.2) is 45.9 Å². The highest BCUT2D eigenvalue weighted by Crippen LogP contribution is 2.39. The van der Waals surface area contributed by atoms with Gasteiger partial charge in [0, 0.05) is 16.8 Å². The van der Waals surface area contributed by atoms with Crippen molar-refractivity contribution in [1.82, 2.24) is 0 Å². The van der Waals surface area contributed by atoms with Crippen LogP contribution < -0.4 is 20.9 Å². The van der Waals surface area contributed by atoms with E-state index >= 15 is 0 Å².